The molecule has 0 radical (unpaired) electrons. The lowest BCUT2D eigenvalue weighted by Crippen LogP contribution is -2.68. The predicted octanol–water partition coefficient (Wildman–Crippen LogP) is 8.78. The van der Waals surface area contributed by atoms with Crippen LogP contribution in [0.15, 0.2) is 183 Å². The first-order chi connectivity index (χ1) is 40.9. The van der Waals surface area contributed by atoms with Crippen molar-refractivity contribution in [3.63, 3.8) is 0 Å². The average molecular weight is 1190 g/mol. The molecule has 85 heavy (non-hydrogen) atoms. The second kappa shape index (κ2) is 25.6. The number of H-pyrrole nitrogens is 2. The highest BCUT2D eigenvalue weighted by molar-refractivity contribution is 7.48. The number of aryl methyl sites for hydroxylation is 2. The molecule has 1 unspecified atom stereocenters. The van der Waals surface area contributed by atoms with Crippen LogP contribution in [0.5, 0.6) is 11.5 Å². The number of ether oxygens (including phenoxy) is 5. The molecule has 444 valence electrons. The largest absolute Gasteiger partial charge is 0.497 e. The number of nitriles is 1. The van der Waals surface area contributed by atoms with Gasteiger partial charge in [0.1, 0.15) is 54.0 Å². The Labute approximate surface area is 493 Å². The first kappa shape index (κ1) is 60.6. The summed E-state index contributed by atoms with van der Waals surface area (Å²) in [5.41, 5.74) is -1.38. The van der Waals surface area contributed by atoms with Gasteiger partial charge in [0.15, 0.2) is 0 Å². The van der Waals surface area contributed by atoms with Gasteiger partial charge in [-0.1, -0.05) is 148 Å². The molecule has 5 aromatic carbocycles. The molecule has 7 aromatic rings. The number of hydrogen-bond donors (Lipinski definition) is 2. The van der Waals surface area contributed by atoms with E-state index in [1.807, 2.05) is 127 Å². The van der Waals surface area contributed by atoms with Crippen LogP contribution in [0.2, 0.25) is 5.04 Å². The monoisotopic (exact) mass is 1190 g/mol. The summed E-state index contributed by atoms with van der Waals surface area (Å²) in [6, 6.07) is 46.8. The summed E-state index contributed by atoms with van der Waals surface area (Å²) in [6.45, 7) is 9.19. The van der Waals surface area contributed by atoms with E-state index < -0.39 is 98.4 Å². The zero-order valence-corrected chi connectivity index (χ0v) is 50.3. The molecule has 0 saturated carbocycles. The average Bonchev–Trinajstić information content (AvgIpc) is 2.48. The molecule has 21 heteroatoms. The molecule has 10 rings (SSSR count). The van der Waals surface area contributed by atoms with Crippen LogP contribution in [-0.4, -0.2) is 84.9 Å². The van der Waals surface area contributed by atoms with Gasteiger partial charge in [0.2, 0.25) is 0 Å². The number of rotatable bonds is 17. The van der Waals surface area contributed by atoms with Crippen LogP contribution in [-0.2, 0) is 42.4 Å². The normalized spacial score (nSPS) is 24.2. The molecule has 9 atom stereocenters. The molecule has 2 aromatic heterocycles. The highest BCUT2D eigenvalue weighted by Gasteiger charge is 2.57. The van der Waals surface area contributed by atoms with E-state index in [4.69, 9.17) is 41.7 Å². The highest BCUT2D eigenvalue weighted by Crippen LogP contribution is 2.57. The summed E-state index contributed by atoms with van der Waals surface area (Å²) < 4.78 is 79.7. The number of aromatic amines is 2. The van der Waals surface area contributed by atoms with E-state index in [1.54, 1.807) is 28.1 Å². The third-order valence-electron chi connectivity index (χ3n) is 16.0. The molecule has 3 aliphatic heterocycles. The van der Waals surface area contributed by atoms with Gasteiger partial charge in [-0.05, 0) is 83.1 Å². The van der Waals surface area contributed by atoms with E-state index in [2.05, 4.69) is 61.1 Å². The van der Waals surface area contributed by atoms with E-state index in [-0.39, 0.29) is 49.8 Å². The van der Waals surface area contributed by atoms with E-state index >= 15 is 4.57 Å². The lowest BCUT2D eigenvalue weighted by Gasteiger charge is -2.45. The van der Waals surface area contributed by atoms with Gasteiger partial charge in [-0.15, -0.1) is 0 Å². The van der Waals surface area contributed by atoms with Crippen LogP contribution in [0, 0.1) is 25.2 Å². The number of nitrogens with one attached hydrogen (secondary N) is 2. The molecule has 0 spiro atoms. The molecule has 2 fully saturated rings. The van der Waals surface area contributed by atoms with Gasteiger partial charge in [0, 0.05) is 36.4 Å². The van der Waals surface area contributed by atoms with Crippen LogP contribution >= 0.6 is 7.82 Å². The molecule has 3 aliphatic rings. The van der Waals surface area contributed by atoms with Crippen molar-refractivity contribution in [2.75, 3.05) is 20.8 Å². The van der Waals surface area contributed by atoms with E-state index in [0.29, 0.717) is 22.6 Å². The molecular weight excluding hydrogens is 1120 g/mol. The number of aromatic nitrogens is 4. The second-order valence-electron chi connectivity index (χ2n) is 22.4. The summed E-state index contributed by atoms with van der Waals surface area (Å²) in [6.07, 6.45) is -2.37. The van der Waals surface area contributed by atoms with Gasteiger partial charge in [0.05, 0.1) is 45.5 Å². The lowest BCUT2D eigenvalue weighted by atomic mass is 9.79. The van der Waals surface area contributed by atoms with Crippen molar-refractivity contribution in [3.8, 4) is 17.6 Å². The van der Waals surface area contributed by atoms with Crippen molar-refractivity contribution < 1.29 is 46.2 Å². The van der Waals surface area contributed by atoms with Crippen LogP contribution in [0.1, 0.15) is 93.1 Å². The third kappa shape index (κ3) is 12.5. The molecule has 5 heterocycles. The molecule has 0 bridgehead atoms. The summed E-state index contributed by atoms with van der Waals surface area (Å²) in [7, 11) is -5.23. The molecular formula is C64H70N5O14PSi. The first-order valence-corrected chi connectivity index (χ1v) is 31.7. The zero-order chi connectivity index (χ0) is 60.1. The van der Waals surface area contributed by atoms with Gasteiger partial charge >= 0.3 is 19.2 Å². The molecule has 0 amide bonds. The number of hydrogen-bond acceptors (Lipinski definition) is 15. The Morgan fingerprint density at radius 2 is 1.08 bits per heavy atom. The molecule has 19 nitrogen and oxygen atoms in total. The maximum absolute atomic E-state index is 16.2. The molecule has 0 aliphatic carbocycles. The minimum absolute atomic E-state index is 0.00484. The van der Waals surface area contributed by atoms with E-state index in [9.17, 15) is 24.4 Å². The molecule has 2 N–H and O–H groups in total. The fourth-order valence-electron chi connectivity index (χ4n) is 11.9. The third-order valence-corrected chi connectivity index (χ3v) is 22.6. The lowest BCUT2D eigenvalue weighted by molar-refractivity contribution is -0.143. The van der Waals surface area contributed by atoms with Crippen LogP contribution in [0.4, 0.5) is 0 Å². The van der Waals surface area contributed by atoms with Crippen molar-refractivity contribution in [3.05, 3.63) is 234 Å². The minimum atomic E-state index is -4.95. The summed E-state index contributed by atoms with van der Waals surface area (Å²) >= 11 is 0. The minimum Gasteiger partial charge on any atom is -0.497 e. The Hall–Kier alpha value is -7.54. The fourth-order valence-corrected chi connectivity index (χ4v) is 18.1. The Kier molecular flexibility index (Phi) is 18.2. The van der Waals surface area contributed by atoms with E-state index in [1.165, 1.54) is 21.5 Å². The maximum Gasteiger partial charge on any atom is 0.475 e. The first-order valence-electron chi connectivity index (χ1n) is 28.3. The van der Waals surface area contributed by atoms with Crippen LogP contribution < -0.4 is 42.3 Å². The van der Waals surface area contributed by atoms with E-state index in [0.717, 1.165) is 15.9 Å². The highest BCUT2D eigenvalue weighted by atomic mass is 31.2. The topological polar surface area (TPSA) is 234 Å². The number of phosphoric acid groups is 1. The maximum atomic E-state index is 16.2. The Balaban J connectivity index is 1.15. The standard InChI is InChI=1S/C64H70N5O14PSi/c1-42-40-68(61(72)66-59(42)70)55-38-53-57(78-55)51(80-64(44-20-11-8-12-21-44,45-28-32-47(75-6)33-29-45)46-30-34-48(76-7)35-31-46)26-17-18-27-52(81-84(74,82-53)77-37-19-36-65)58-54(39-56(79-58)69-41-43(2)60(71)67-62(69)73)83-85(63(3,4)5,49-22-13-9-14-23-49)50-24-15-10-16-25-50/h8-18,20-25,28-35,40-41,51-58H,19,26-27,37-39H2,1-7H3,(H,66,70,72)(H,67,71,73)/b18-17+/t51-,52-,53-,54-,55+,56+,57+,58+,84?/m0/s1. The Morgan fingerprint density at radius 1 is 0.624 bits per heavy atom. The fraction of sp³-hybridized carbons (Fsp3) is 0.359. The van der Waals surface area contributed by atoms with Crippen molar-refractivity contribution in [2.45, 2.75) is 126 Å². The summed E-state index contributed by atoms with van der Waals surface area (Å²) in [4.78, 5) is 58.1. The van der Waals surface area contributed by atoms with Gasteiger partial charge in [-0.3, -0.25) is 42.3 Å². The second-order valence-corrected chi connectivity index (χ2v) is 28.3. The van der Waals surface area contributed by atoms with Crippen LogP contribution in [0.25, 0.3) is 0 Å². The van der Waals surface area contributed by atoms with Crippen molar-refractivity contribution in [1.29, 1.82) is 5.26 Å². The Bertz CT molecular complexity index is 3720. The smallest absolute Gasteiger partial charge is 0.475 e. The quantitative estimate of drug-likeness (QED) is 0.0285. The SMILES string of the molecule is COc1ccc(C(O[C@H]2C/C=C/C[C@@H]([C@H]3O[C@@H](n4cc(C)c(=O)[nH]c4=O)C[C@@H]3O[Si](c3ccccc3)(c3ccccc3)C(C)(C)C)OP(=O)(OCCC#N)O[C@H]3C[C@H](n4cc(C)c(=O)[nH]c4=O)O[C@H]23)(c2ccccc2)c2ccc(OC)cc2)cc1. The van der Waals surface area contributed by atoms with Crippen molar-refractivity contribution in [2.24, 2.45) is 0 Å². The zero-order valence-electron chi connectivity index (χ0n) is 48.5. The predicted molar refractivity (Wildman–Crippen MR) is 321 cm³/mol. The van der Waals surface area contributed by atoms with Gasteiger partial charge in [-0.2, -0.15) is 5.26 Å². The van der Waals surface area contributed by atoms with Crippen LogP contribution in [0.3, 0.4) is 0 Å². The summed E-state index contributed by atoms with van der Waals surface area (Å²) in [5, 5.41) is 11.3. The number of phosphoric ester groups is 1. The van der Waals surface area contributed by atoms with Gasteiger partial charge < -0.3 is 28.1 Å². The number of benzene rings is 5. The number of methoxy groups -OCH3 is 2. The Morgan fingerprint density at radius 3 is 1.58 bits per heavy atom. The van der Waals surface area contributed by atoms with Crippen molar-refractivity contribution in [1.82, 2.24) is 19.1 Å². The van der Waals surface area contributed by atoms with Gasteiger partial charge in [0.25, 0.3) is 19.4 Å². The number of fused-ring (bicyclic) bond motifs is 1. The van der Waals surface area contributed by atoms with Gasteiger partial charge in [-0.25, -0.2) is 14.2 Å². The number of nitrogens with zero attached hydrogens (tertiary/aromatic N) is 3. The summed E-state index contributed by atoms with van der Waals surface area (Å²) in [5.74, 6) is 1.21. The molecule has 2 saturated heterocycles. The van der Waals surface area contributed by atoms with Crippen molar-refractivity contribution >= 4 is 26.5 Å².